The molecule has 0 radical (unpaired) electrons. The Hall–Kier alpha value is -2.27. The number of ether oxygens (including phenoxy) is 1. The molecule has 2 aliphatic rings. The second kappa shape index (κ2) is 5.98. The molecule has 24 heavy (non-hydrogen) atoms. The Morgan fingerprint density at radius 2 is 1.67 bits per heavy atom. The van der Waals surface area contributed by atoms with Crippen molar-refractivity contribution in [3.8, 4) is 0 Å². The topological polar surface area (TPSA) is 46.6 Å². The average Bonchev–Trinajstić information content (AvgIpc) is 3.00. The van der Waals surface area contributed by atoms with Gasteiger partial charge in [0.1, 0.15) is 6.04 Å². The largest absolute Gasteiger partial charge is 0.467 e. The molecule has 1 fully saturated rings. The van der Waals surface area contributed by atoms with Gasteiger partial charge < -0.3 is 9.64 Å². The normalized spacial score (nSPS) is 19.8. The second-order valence-corrected chi connectivity index (χ2v) is 7.04. The van der Waals surface area contributed by atoms with Crippen molar-refractivity contribution in [1.29, 1.82) is 0 Å². The first-order chi connectivity index (χ1) is 11.7. The summed E-state index contributed by atoms with van der Waals surface area (Å²) in [4.78, 5) is 28.8. The predicted octanol–water partition coefficient (Wildman–Crippen LogP) is 3.40. The highest BCUT2D eigenvalue weighted by Gasteiger charge is 2.44. The summed E-state index contributed by atoms with van der Waals surface area (Å²) in [5.41, 5.74) is 2.15. The van der Waals surface area contributed by atoms with Crippen LogP contribution < -0.4 is 0 Å². The van der Waals surface area contributed by atoms with Gasteiger partial charge >= 0.3 is 5.97 Å². The van der Waals surface area contributed by atoms with E-state index in [1.54, 1.807) is 16.7 Å². The van der Waals surface area contributed by atoms with Gasteiger partial charge in [0.25, 0.3) is 0 Å². The monoisotopic (exact) mass is 339 g/mol. The molecular formula is C19H17NO3S. The van der Waals surface area contributed by atoms with E-state index in [1.165, 1.54) is 7.11 Å². The Bertz CT molecular complexity index is 774. The Kier molecular flexibility index (Phi) is 3.81. The van der Waals surface area contributed by atoms with E-state index >= 15 is 0 Å². The van der Waals surface area contributed by atoms with E-state index in [9.17, 15) is 9.59 Å². The number of nitrogens with zero attached hydrogens (tertiary/aromatic N) is 1. The van der Waals surface area contributed by atoms with E-state index in [1.807, 2.05) is 36.4 Å². The first kappa shape index (κ1) is 15.3. The van der Waals surface area contributed by atoms with E-state index in [0.717, 1.165) is 20.9 Å². The lowest BCUT2D eigenvalue weighted by Gasteiger charge is -2.37. The van der Waals surface area contributed by atoms with E-state index in [4.69, 9.17) is 4.74 Å². The van der Waals surface area contributed by atoms with Gasteiger partial charge in [0.05, 0.1) is 13.2 Å². The van der Waals surface area contributed by atoms with Crippen molar-refractivity contribution in [3.63, 3.8) is 0 Å². The van der Waals surface area contributed by atoms with Crippen LogP contribution in [0.5, 0.6) is 0 Å². The van der Waals surface area contributed by atoms with Crippen molar-refractivity contribution in [2.75, 3.05) is 7.11 Å². The second-order valence-electron chi connectivity index (χ2n) is 5.96. The standard InChI is InChI=1S/C19H17NO3S/c1-23-19(22)14-10-11-17(21)20(14)18-12-6-2-4-8-15(12)24-16-9-5-3-7-13(16)18/h2-9,14,18H,10-11H2,1H3. The van der Waals surface area contributed by atoms with Gasteiger partial charge in [0.15, 0.2) is 0 Å². The number of carbonyl (C=O) groups excluding carboxylic acids is 2. The summed E-state index contributed by atoms with van der Waals surface area (Å²) in [5.74, 6) is -0.332. The lowest BCUT2D eigenvalue weighted by molar-refractivity contribution is -0.150. The Labute approximate surface area is 144 Å². The maximum Gasteiger partial charge on any atom is 0.328 e. The molecule has 0 bridgehead atoms. The van der Waals surface area contributed by atoms with Gasteiger partial charge in [-0.15, -0.1) is 0 Å². The van der Waals surface area contributed by atoms with Crippen LogP contribution in [0.15, 0.2) is 58.3 Å². The summed E-state index contributed by atoms with van der Waals surface area (Å²) >= 11 is 1.71. The van der Waals surface area contributed by atoms with Crippen molar-refractivity contribution in [2.24, 2.45) is 0 Å². The summed E-state index contributed by atoms with van der Waals surface area (Å²) in [6, 6.07) is 15.4. The van der Waals surface area contributed by atoms with Crippen molar-refractivity contribution < 1.29 is 14.3 Å². The van der Waals surface area contributed by atoms with Crippen molar-refractivity contribution in [3.05, 3.63) is 59.7 Å². The van der Waals surface area contributed by atoms with Crippen LogP contribution in [0.4, 0.5) is 0 Å². The van der Waals surface area contributed by atoms with Crippen LogP contribution in [-0.2, 0) is 14.3 Å². The molecule has 2 aliphatic heterocycles. The summed E-state index contributed by atoms with van der Waals surface area (Å²) in [6.07, 6.45) is 0.896. The fourth-order valence-corrected chi connectivity index (χ4v) is 4.70. The van der Waals surface area contributed by atoms with Crippen molar-refractivity contribution in [2.45, 2.75) is 34.7 Å². The minimum atomic E-state index is -0.517. The smallest absolute Gasteiger partial charge is 0.328 e. The van der Waals surface area contributed by atoms with Crippen LogP contribution in [0.1, 0.15) is 30.0 Å². The molecule has 1 amide bonds. The average molecular weight is 339 g/mol. The number of rotatable bonds is 2. The maximum absolute atomic E-state index is 12.6. The molecule has 4 nitrogen and oxygen atoms in total. The van der Waals surface area contributed by atoms with Gasteiger partial charge in [-0.2, -0.15) is 0 Å². The highest BCUT2D eigenvalue weighted by atomic mass is 32.2. The van der Waals surface area contributed by atoms with Crippen molar-refractivity contribution in [1.82, 2.24) is 4.90 Å². The number of methoxy groups -OCH3 is 1. The number of hydrogen-bond acceptors (Lipinski definition) is 4. The fourth-order valence-electron chi connectivity index (χ4n) is 3.58. The molecule has 0 spiro atoms. The Morgan fingerprint density at radius 1 is 1.08 bits per heavy atom. The molecule has 4 rings (SSSR count). The minimum absolute atomic E-state index is 0.00639. The molecule has 0 aromatic heterocycles. The lowest BCUT2D eigenvalue weighted by Crippen LogP contribution is -2.43. The third kappa shape index (κ3) is 2.31. The Morgan fingerprint density at radius 3 is 2.25 bits per heavy atom. The van der Waals surface area contributed by atoms with E-state index in [-0.39, 0.29) is 17.9 Å². The van der Waals surface area contributed by atoms with Crippen LogP contribution in [0, 0.1) is 0 Å². The number of esters is 1. The van der Waals surface area contributed by atoms with Crippen LogP contribution in [0.3, 0.4) is 0 Å². The molecule has 1 unspecified atom stereocenters. The molecule has 0 aliphatic carbocycles. The zero-order chi connectivity index (χ0) is 16.7. The van der Waals surface area contributed by atoms with E-state index in [0.29, 0.717) is 12.8 Å². The number of fused-ring (bicyclic) bond motifs is 2. The van der Waals surface area contributed by atoms with Gasteiger partial charge in [-0.1, -0.05) is 48.2 Å². The van der Waals surface area contributed by atoms with E-state index in [2.05, 4.69) is 12.1 Å². The molecule has 1 atom stereocenters. The van der Waals surface area contributed by atoms with Gasteiger partial charge in [0, 0.05) is 16.2 Å². The molecule has 122 valence electrons. The van der Waals surface area contributed by atoms with Gasteiger partial charge in [-0.3, -0.25) is 4.79 Å². The molecule has 2 aromatic rings. The number of carbonyl (C=O) groups is 2. The maximum atomic E-state index is 12.6. The zero-order valence-electron chi connectivity index (χ0n) is 13.3. The quantitative estimate of drug-likeness (QED) is 0.787. The molecule has 5 heteroatoms. The summed E-state index contributed by atoms with van der Waals surface area (Å²) < 4.78 is 4.94. The highest BCUT2D eigenvalue weighted by Crippen LogP contribution is 2.48. The third-order valence-corrected chi connectivity index (χ3v) is 5.84. The van der Waals surface area contributed by atoms with Gasteiger partial charge in [-0.25, -0.2) is 4.79 Å². The summed E-state index contributed by atoms with van der Waals surface area (Å²) in [7, 11) is 1.38. The molecule has 0 N–H and O–H groups in total. The first-order valence-corrected chi connectivity index (χ1v) is 8.77. The fraction of sp³-hybridized carbons (Fsp3) is 0.263. The minimum Gasteiger partial charge on any atom is -0.467 e. The number of benzene rings is 2. The molecular weight excluding hydrogens is 322 g/mol. The van der Waals surface area contributed by atoms with Crippen molar-refractivity contribution >= 4 is 23.6 Å². The van der Waals surface area contributed by atoms with Gasteiger partial charge in [-0.05, 0) is 29.7 Å². The molecule has 1 saturated heterocycles. The predicted molar refractivity (Wildman–Crippen MR) is 90.7 cm³/mol. The van der Waals surface area contributed by atoms with E-state index < -0.39 is 6.04 Å². The lowest BCUT2D eigenvalue weighted by atomic mass is 9.95. The number of likely N-dealkylation sites (tertiary alicyclic amines) is 1. The third-order valence-electron chi connectivity index (χ3n) is 4.65. The molecule has 2 heterocycles. The molecule has 2 aromatic carbocycles. The van der Waals surface area contributed by atoms with Crippen LogP contribution in [0.25, 0.3) is 0 Å². The van der Waals surface area contributed by atoms with Crippen LogP contribution in [0.2, 0.25) is 0 Å². The summed E-state index contributed by atoms with van der Waals surface area (Å²) in [5, 5.41) is 0. The Balaban J connectivity index is 1.88. The van der Waals surface area contributed by atoms with Gasteiger partial charge in [0.2, 0.25) is 5.91 Å². The number of hydrogen-bond donors (Lipinski definition) is 0. The van der Waals surface area contributed by atoms with Crippen LogP contribution in [-0.4, -0.2) is 29.9 Å². The highest BCUT2D eigenvalue weighted by molar-refractivity contribution is 7.99. The van der Waals surface area contributed by atoms with Crippen LogP contribution >= 0.6 is 11.8 Å². The first-order valence-electron chi connectivity index (χ1n) is 7.95. The number of amides is 1. The zero-order valence-corrected chi connectivity index (χ0v) is 14.1. The molecule has 0 saturated carbocycles. The summed E-state index contributed by atoms with van der Waals surface area (Å²) in [6.45, 7) is 0. The SMILES string of the molecule is COC(=O)C1CCC(=O)N1C1c2ccccc2Sc2ccccc21.